The lowest BCUT2D eigenvalue weighted by molar-refractivity contribution is 0.0179. The molecule has 0 aliphatic carbocycles. The van der Waals surface area contributed by atoms with Crippen LogP contribution in [-0.4, -0.2) is 69.5 Å². The van der Waals surface area contributed by atoms with Crippen molar-refractivity contribution in [1.29, 1.82) is 0 Å². The smallest absolute Gasteiger partial charge is 0.191 e. The molecule has 1 aromatic carbocycles. The number of morpholine rings is 1. The lowest BCUT2D eigenvalue weighted by atomic mass is 10.0. The van der Waals surface area contributed by atoms with Crippen molar-refractivity contribution in [3.63, 3.8) is 0 Å². The van der Waals surface area contributed by atoms with Crippen molar-refractivity contribution in [3.05, 3.63) is 35.6 Å². The molecule has 2 N–H and O–H groups in total. The van der Waals surface area contributed by atoms with E-state index in [1.807, 2.05) is 12.1 Å². The van der Waals surface area contributed by atoms with Crippen molar-refractivity contribution in [2.24, 2.45) is 4.99 Å². The first-order valence-electron chi connectivity index (χ1n) is 9.97. The fourth-order valence-electron chi connectivity index (χ4n) is 3.54. The Kier molecular flexibility index (Phi) is 7.86. The molecule has 0 radical (unpaired) electrons. The van der Waals surface area contributed by atoms with Gasteiger partial charge in [0.15, 0.2) is 5.96 Å². The number of hydrogen-bond donors (Lipinski definition) is 2. The van der Waals surface area contributed by atoms with Crippen LogP contribution >= 0.6 is 0 Å². The minimum absolute atomic E-state index is 0.104. The first kappa shape index (κ1) is 20.0. The number of hydrogen-bond acceptors (Lipinski definition) is 4. The molecule has 7 heteroatoms. The van der Waals surface area contributed by atoms with Crippen LogP contribution in [0.2, 0.25) is 0 Å². The van der Waals surface area contributed by atoms with Gasteiger partial charge in [-0.2, -0.15) is 0 Å². The number of rotatable bonds is 7. The summed E-state index contributed by atoms with van der Waals surface area (Å²) >= 11 is 0. The molecule has 2 aliphatic rings. The van der Waals surface area contributed by atoms with Gasteiger partial charge in [-0.1, -0.05) is 12.1 Å². The van der Waals surface area contributed by atoms with E-state index in [1.54, 1.807) is 0 Å². The van der Waals surface area contributed by atoms with Gasteiger partial charge in [0.2, 0.25) is 0 Å². The molecule has 2 atom stereocenters. The molecule has 1 aromatic rings. The summed E-state index contributed by atoms with van der Waals surface area (Å²) in [4.78, 5) is 7.18. The molecule has 3 rings (SSSR count). The second kappa shape index (κ2) is 10.6. The second-order valence-electron chi connectivity index (χ2n) is 6.95. The maximum absolute atomic E-state index is 13.4. The monoisotopic (exact) mass is 378 g/mol. The third-order valence-electron chi connectivity index (χ3n) is 5.03. The zero-order chi connectivity index (χ0) is 18.9. The highest BCUT2D eigenvalue weighted by Crippen LogP contribution is 2.22. The van der Waals surface area contributed by atoms with Crippen LogP contribution in [0, 0.1) is 5.82 Å². The normalized spacial score (nSPS) is 22.6. The van der Waals surface area contributed by atoms with Gasteiger partial charge in [0.1, 0.15) is 5.82 Å². The number of ether oxygens (including phenoxy) is 2. The topological polar surface area (TPSA) is 58.1 Å². The molecule has 0 spiro atoms. The quantitative estimate of drug-likeness (QED) is 0.561. The number of nitrogens with zero attached hydrogens (tertiary/aromatic N) is 2. The van der Waals surface area contributed by atoms with Crippen molar-refractivity contribution in [1.82, 2.24) is 15.5 Å². The van der Waals surface area contributed by atoms with Crippen LogP contribution in [0.5, 0.6) is 0 Å². The van der Waals surface area contributed by atoms with Gasteiger partial charge in [-0.3, -0.25) is 9.89 Å². The van der Waals surface area contributed by atoms with Gasteiger partial charge in [-0.15, -0.1) is 0 Å². The van der Waals surface area contributed by atoms with Crippen molar-refractivity contribution < 1.29 is 13.9 Å². The molecule has 150 valence electrons. The Balaban J connectivity index is 1.67. The van der Waals surface area contributed by atoms with E-state index in [0.29, 0.717) is 6.54 Å². The summed E-state index contributed by atoms with van der Waals surface area (Å²) in [5.74, 6) is 0.586. The average molecular weight is 378 g/mol. The minimum atomic E-state index is -0.213. The summed E-state index contributed by atoms with van der Waals surface area (Å²) in [7, 11) is 0. The summed E-state index contributed by atoms with van der Waals surface area (Å²) in [5.41, 5.74) is 1.08. The lowest BCUT2D eigenvalue weighted by Gasteiger charge is -2.34. The predicted octanol–water partition coefficient (Wildman–Crippen LogP) is 1.93. The van der Waals surface area contributed by atoms with E-state index in [9.17, 15) is 4.39 Å². The highest BCUT2D eigenvalue weighted by atomic mass is 19.1. The number of halogens is 1. The Morgan fingerprint density at radius 3 is 2.67 bits per heavy atom. The third kappa shape index (κ3) is 6.16. The lowest BCUT2D eigenvalue weighted by Crippen LogP contribution is -2.43. The first-order chi connectivity index (χ1) is 13.3. The Hall–Kier alpha value is -1.70. The molecule has 0 bridgehead atoms. The van der Waals surface area contributed by atoms with Crippen LogP contribution in [0.4, 0.5) is 4.39 Å². The molecule has 27 heavy (non-hydrogen) atoms. The van der Waals surface area contributed by atoms with Gasteiger partial charge >= 0.3 is 0 Å². The summed E-state index contributed by atoms with van der Waals surface area (Å²) in [6.07, 6.45) is 2.49. The van der Waals surface area contributed by atoms with Gasteiger partial charge in [0.05, 0.1) is 31.9 Å². The highest BCUT2D eigenvalue weighted by Gasteiger charge is 2.23. The zero-order valence-electron chi connectivity index (χ0n) is 16.1. The molecule has 0 aromatic heterocycles. The number of nitrogens with one attached hydrogen (secondary N) is 2. The molecule has 2 unspecified atom stereocenters. The van der Waals surface area contributed by atoms with E-state index in [-0.39, 0.29) is 18.0 Å². The van der Waals surface area contributed by atoms with Crippen LogP contribution < -0.4 is 10.6 Å². The molecule has 0 amide bonds. The van der Waals surface area contributed by atoms with Crippen LogP contribution in [-0.2, 0) is 9.47 Å². The van der Waals surface area contributed by atoms with Gasteiger partial charge in [0, 0.05) is 32.8 Å². The third-order valence-corrected chi connectivity index (χ3v) is 5.03. The standard InChI is InChI=1S/C20H31FN4O2/c1-2-22-20(23-14-18-4-3-11-27-18)24-15-19(25-9-12-26-13-10-25)16-5-7-17(21)8-6-16/h5-8,18-19H,2-4,9-15H2,1H3,(H2,22,23,24). The Morgan fingerprint density at radius 2 is 2.00 bits per heavy atom. The van der Waals surface area contributed by atoms with Crippen molar-refractivity contribution in [2.75, 3.05) is 52.5 Å². The van der Waals surface area contributed by atoms with E-state index in [4.69, 9.17) is 14.5 Å². The van der Waals surface area contributed by atoms with E-state index in [1.165, 1.54) is 12.1 Å². The van der Waals surface area contributed by atoms with Crippen molar-refractivity contribution >= 4 is 5.96 Å². The van der Waals surface area contributed by atoms with E-state index in [0.717, 1.165) is 70.4 Å². The predicted molar refractivity (Wildman–Crippen MR) is 104 cm³/mol. The Bertz CT molecular complexity index is 584. The van der Waals surface area contributed by atoms with Crippen LogP contribution in [0.15, 0.2) is 29.3 Å². The summed E-state index contributed by atoms with van der Waals surface area (Å²) in [6.45, 7) is 8.24. The first-order valence-corrected chi connectivity index (χ1v) is 9.97. The molecule has 2 heterocycles. The van der Waals surface area contributed by atoms with Crippen LogP contribution in [0.3, 0.4) is 0 Å². The fourth-order valence-corrected chi connectivity index (χ4v) is 3.54. The van der Waals surface area contributed by atoms with Gasteiger partial charge < -0.3 is 20.1 Å². The average Bonchev–Trinajstić information content (AvgIpc) is 3.22. The van der Waals surface area contributed by atoms with Gasteiger partial charge in [-0.05, 0) is 37.5 Å². The fraction of sp³-hybridized carbons (Fsp3) is 0.650. The zero-order valence-corrected chi connectivity index (χ0v) is 16.1. The highest BCUT2D eigenvalue weighted by molar-refractivity contribution is 5.79. The van der Waals surface area contributed by atoms with Gasteiger partial charge in [-0.25, -0.2) is 4.39 Å². The van der Waals surface area contributed by atoms with Crippen molar-refractivity contribution in [2.45, 2.75) is 31.9 Å². The van der Waals surface area contributed by atoms with E-state index >= 15 is 0 Å². The summed E-state index contributed by atoms with van der Waals surface area (Å²) in [6, 6.07) is 6.86. The molecule has 2 fully saturated rings. The maximum atomic E-state index is 13.4. The Labute approximate surface area is 161 Å². The molecular formula is C20H31FN4O2. The molecule has 0 saturated carbocycles. The maximum Gasteiger partial charge on any atom is 0.191 e. The SMILES string of the molecule is CCNC(=NCC(c1ccc(F)cc1)N1CCOCC1)NCC1CCCO1. The minimum Gasteiger partial charge on any atom is -0.379 e. The van der Waals surface area contributed by atoms with Crippen molar-refractivity contribution in [3.8, 4) is 0 Å². The second-order valence-corrected chi connectivity index (χ2v) is 6.95. The number of benzene rings is 1. The van der Waals surface area contributed by atoms with Crippen LogP contribution in [0.25, 0.3) is 0 Å². The number of aliphatic imine (C=N–C) groups is 1. The van der Waals surface area contributed by atoms with Gasteiger partial charge in [0.25, 0.3) is 0 Å². The molecule has 2 saturated heterocycles. The van der Waals surface area contributed by atoms with Crippen LogP contribution in [0.1, 0.15) is 31.4 Å². The molecular weight excluding hydrogens is 347 g/mol. The molecule has 6 nitrogen and oxygen atoms in total. The molecule has 2 aliphatic heterocycles. The van der Waals surface area contributed by atoms with E-state index < -0.39 is 0 Å². The number of guanidine groups is 1. The summed E-state index contributed by atoms with van der Waals surface area (Å²) < 4.78 is 24.5. The summed E-state index contributed by atoms with van der Waals surface area (Å²) in [5, 5.41) is 6.70. The Morgan fingerprint density at radius 1 is 1.22 bits per heavy atom. The van der Waals surface area contributed by atoms with E-state index in [2.05, 4.69) is 22.5 Å². The largest absolute Gasteiger partial charge is 0.379 e.